The van der Waals surface area contributed by atoms with Crippen molar-refractivity contribution in [1.82, 2.24) is 9.78 Å². The lowest BCUT2D eigenvalue weighted by Crippen LogP contribution is -2.42. The fourth-order valence-electron chi connectivity index (χ4n) is 2.81. The van der Waals surface area contributed by atoms with Crippen LogP contribution < -0.4 is 16.2 Å². The van der Waals surface area contributed by atoms with Gasteiger partial charge in [-0.1, -0.05) is 11.6 Å². The fourth-order valence-corrected chi connectivity index (χ4v) is 3.06. The summed E-state index contributed by atoms with van der Waals surface area (Å²) < 4.78 is 1.42. The molecule has 2 rings (SSSR count). The van der Waals surface area contributed by atoms with Gasteiger partial charge in [0.2, 0.25) is 0 Å². The summed E-state index contributed by atoms with van der Waals surface area (Å²) in [7, 11) is 0. The summed E-state index contributed by atoms with van der Waals surface area (Å²) >= 11 is 6.30. The molecule has 112 valence electrons. The molecule has 2 heterocycles. The van der Waals surface area contributed by atoms with Crippen LogP contribution in [0.25, 0.3) is 0 Å². The van der Waals surface area contributed by atoms with Crippen molar-refractivity contribution < 1.29 is 0 Å². The minimum Gasteiger partial charge on any atom is -0.366 e. The normalized spacial score (nSPS) is 19.6. The minimum absolute atomic E-state index is 0.00949. The highest BCUT2D eigenvalue weighted by atomic mass is 35.5. The highest BCUT2D eigenvalue weighted by Gasteiger charge is 2.25. The molecule has 5 nitrogen and oxygen atoms in total. The Hall–Kier alpha value is -1.07. The van der Waals surface area contributed by atoms with E-state index in [0.29, 0.717) is 12.6 Å². The maximum absolute atomic E-state index is 12.3. The molecule has 0 aromatic carbocycles. The predicted octanol–water partition coefficient (Wildman–Crippen LogP) is 2.19. The molecule has 2 N–H and O–H groups in total. The van der Waals surface area contributed by atoms with Crippen molar-refractivity contribution in [2.24, 2.45) is 5.73 Å². The molecule has 0 bridgehead atoms. The Morgan fingerprint density at radius 3 is 2.90 bits per heavy atom. The van der Waals surface area contributed by atoms with E-state index in [1.165, 1.54) is 11.1 Å². The zero-order valence-electron chi connectivity index (χ0n) is 12.2. The number of anilines is 1. The van der Waals surface area contributed by atoms with Gasteiger partial charge in [-0.15, -0.1) is 0 Å². The van der Waals surface area contributed by atoms with E-state index in [1.54, 1.807) is 6.20 Å². The predicted molar refractivity (Wildman–Crippen MR) is 82.5 cm³/mol. The average molecular weight is 299 g/mol. The zero-order valence-corrected chi connectivity index (χ0v) is 12.9. The number of hydrogen-bond acceptors (Lipinski definition) is 4. The van der Waals surface area contributed by atoms with E-state index in [1.807, 2.05) is 13.8 Å². The van der Waals surface area contributed by atoms with Crippen molar-refractivity contribution in [1.29, 1.82) is 0 Å². The van der Waals surface area contributed by atoms with E-state index >= 15 is 0 Å². The van der Waals surface area contributed by atoms with E-state index in [2.05, 4.69) is 10.00 Å². The van der Waals surface area contributed by atoms with Gasteiger partial charge in [0, 0.05) is 12.6 Å². The summed E-state index contributed by atoms with van der Waals surface area (Å²) in [4.78, 5) is 14.5. The van der Waals surface area contributed by atoms with Gasteiger partial charge in [0.15, 0.2) is 0 Å². The molecule has 1 atom stereocenters. The average Bonchev–Trinajstić information content (AvgIpc) is 2.43. The van der Waals surface area contributed by atoms with Crippen molar-refractivity contribution >= 4 is 17.3 Å². The highest BCUT2D eigenvalue weighted by Crippen LogP contribution is 2.29. The summed E-state index contributed by atoms with van der Waals surface area (Å²) in [5.74, 6) is 0. The smallest absolute Gasteiger partial charge is 0.287 e. The first-order valence-electron chi connectivity index (χ1n) is 7.30. The van der Waals surface area contributed by atoms with Crippen LogP contribution in [0.5, 0.6) is 0 Å². The van der Waals surface area contributed by atoms with Gasteiger partial charge in [-0.2, -0.15) is 5.10 Å². The summed E-state index contributed by atoms with van der Waals surface area (Å²) in [5.41, 5.74) is 6.23. The van der Waals surface area contributed by atoms with E-state index < -0.39 is 0 Å². The first-order valence-corrected chi connectivity index (χ1v) is 7.68. The number of nitrogens with zero attached hydrogens (tertiary/aromatic N) is 3. The van der Waals surface area contributed by atoms with Crippen LogP contribution in [0.2, 0.25) is 5.02 Å². The Labute approximate surface area is 124 Å². The molecule has 1 aliphatic rings. The van der Waals surface area contributed by atoms with E-state index in [4.69, 9.17) is 17.3 Å². The van der Waals surface area contributed by atoms with Gasteiger partial charge < -0.3 is 10.6 Å². The third kappa shape index (κ3) is 2.99. The van der Waals surface area contributed by atoms with Crippen LogP contribution >= 0.6 is 11.6 Å². The number of piperidine rings is 1. The fraction of sp³-hybridized carbons (Fsp3) is 0.714. The molecule has 0 aliphatic carbocycles. The van der Waals surface area contributed by atoms with Gasteiger partial charge >= 0.3 is 0 Å². The molecule has 6 heteroatoms. The van der Waals surface area contributed by atoms with Crippen LogP contribution in [0.1, 0.15) is 45.6 Å². The highest BCUT2D eigenvalue weighted by molar-refractivity contribution is 6.33. The number of nitrogens with two attached hydrogens (primary N) is 1. The molecular formula is C14H23ClN4O. The van der Waals surface area contributed by atoms with E-state index in [0.717, 1.165) is 31.5 Å². The number of aromatic nitrogens is 2. The van der Waals surface area contributed by atoms with Gasteiger partial charge in [0.05, 0.1) is 17.9 Å². The first kappa shape index (κ1) is 15.3. The van der Waals surface area contributed by atoms with Crippen molar-refractivity contribution in [3.63, 3.8) is 0 Å². The Morgan fingerprint density at radius 2 is 2.25 bits per heavy atom. The van der Waals surface area contributed by atoms with Crippen molar-refractivity contribution in [2.75, 3.05) is 18.0 Å². The molecule has 1 saturated heterocycles. The molecule has 1 aromatic heterocycles. The Balaban J connectivity index is 2.36. The SMILES string of the molecule is CC(C)n1ncc(N2CCCCC2CCN)c(Cl)c1=O. The molecule has 0 amide bonds. The van der Waals surface area contributed by atoms with Crippen LogP contribution in [-0.4, -0.2) is 28.9 Å². The first-order chi connectivity index (χ1) is 9.56. The van der Waals surface area contributed by atoms with Gasteiger partial charge in [0.1, 0.15) is 5.02 Å². The lowest BCUT2D eigenvalue weighted by molar-refractivity contribution is 0.438. The summed E-state index contributed by atoms with van der Waals surface area (Å²) in [5, 5.41) is 4.53. The number of halogens is 1. The molecule has 1 unspecified atom stereocenters. The van der Waals surface area contributed by atoms with Crippen LogP contribution in [-0.2, 0) is 0 Å². The lowest BCUT2D eigenvalue weighted by atomic mass is 9.99. The van der Waals surface area contributed by atoms with Gasteiger partial charge in [-0.05, 0) is 46.1 Å². The van der Waals surface area contributed by atoms with E-state index in [-0.39, 0.29) is 16.6 Å². The second kappa shape index (κ2) is 6.59. The van der Waals surface area contributed by atoms with Gasteiger partial charge in [0.25, 0.3) is 5.56 Å². The molecular weight excluding hydrogens is 276 g/mol. The second-order valence-electron chi connectivity index (χ2n) is 5.61. The summed E-state index contributed by atoms with van der Waals surface area (Å²) in [6.45, 7) is 5.40. The largest absolute Gasteiger partial charge is 0.366 e. The number of hydrogen-bond donors (Lipinski definition) is 1. The van der Waals surface area contributed by atoms with Gasteiger partial charge in [-0.25, -0.2) is 4.68 Å². The topological polar surface area (TPSA) is 64.2 Å². The van der Waals surface area contributed by atoms with Crippen molar-refractivity contribution in [2.45, 2.75) is 51.6 Å². The van der Waals surface area contributed by atoms with Crippen molar-refractivity contribution in [3.8, 4) is 0 Å². The quantitative estimate of drug-likeness (QED) is 0.925. The van der Waals surface area contributed by atoms with Crippen LogP contribution in [0, 0.1) is 0 Å². The molecule has 1 aromatic rings. The van der Waals surface area contributed by atoms with Crippen LogP contribution in [0.3, 0.4) is 0 Å². The monoisotopic (exact) mass is 298 g/mol. The standard InChI is InChI=1S/C14H23ClN4O/c1-10(2)19-14(20)13(15)12(9-17-19)18-8-4-3-5-11(18)6-7-16/h9-11H,3-8,16H2,1-2H3. The molecule has 20 heavy (non-hydrogen) atoms. The van der Waals surface area contributed by atoms with E-state index in [9.17, 15) is 4.79 Å². The summed E-state index contributed by atoms with van der Waals surface area (Å²) in [6.07, 6.45) is 6.06. The van der Waals surface area contributed by atoms with Crippen LogP contribution in [0.15, 0.2) is 11.0 Å². The lowest BCUT2D eigenvalue weighted by Gasteiger charge is -2.37. The second-order valence-corrected chi connectivity index (χ2v) is 5.99. The Bertz CT molecular complexity index is 512. The molecule has 0 radical (unpaired) electrons. The Kier molecular flexibility index (Phi) is 5.05. The molecule has 1 aliphatic heterocycles. The maximum Gasteiger partial charge on any atom is 0.287 e. The molecule has 0 saturated carbocycles. The van der Waals surface area contributed by atoms with Gasteiger partial charge in [-0.3, -0.25) is 4.79 Å². The van der Waals surface area contributed by atoms with Crippen LogP contribution in [0.4, 0.5) is 5.69 Å². The Morgan fingerprint density at radius 1 is 1.50 bits per heavy atom. The zero-order chi connectivity index (χ0) is 14.7. The molecule has 0 spiro atoms. The number of rotatable bonds is 4. The third-order valence-electron chi connectivity index (χ3n) is 3.85. The third-order valence-corrected chi connectivity index (χ3v) is 4.21. The minimum atomic E-state index is -0.212. The molecule has 1 fully saturated rings. The summed E-state index contributed by atoms with van der Waals surface area (Å²) in [6, 6.07) is 0.373. The van der Waals surface area contributed by atoms with Crippen molar-refractivity contribution in [3.05, 3.63) is 21.6 Å². The maximum atomic E-state index is 12.3.